The number of methoxy groups -OCH3 is 2. The van der Waals surface area contributed by atoms with Crippen LogP contribution >= 0.6 is 23.2 Å². The van der Waals surface area contributed by atoms with E-state index in [1.54, 1.807) is 12.1 Å². The minimum Gasteiger partial charge on any atom is -0.466 e. The molecular weight excluding hydrogens is 347 g/mol. The Morgan fingerprint density at radius 2 is 2.09 bits per heavy atom. The van der Waals surface area contributed by atoms with Gasteiger partial charge in [-0.3, -0.25) is 0 Å². The van der Waals surface area contributed by atoms with Crippen LogP contribution in [0.4, 0.5) is 0 Å². The fraction of sp³-hybridized carbons (Fsp3) is 0.467. The molecule has 4 atom stereocenters. The first kappa shape index (κ1) is 18.0. The molecule has 1 aliphatic rings. The molecule has 1 aromatic carbocycles. The van der Waals surface area contributed by atoms with Crippen molar-refractivity contribution in [1.82, 2.24) is 0 Å². The molecule has 1 unspecified atom stereocenters. The molecule has 0 radical (unpaired) electrons. The number of halogens is 2. The maximum atomic E-state index is 12.2. The summed E-state index contributed by atoms with van der Waals surface area (Å²) in [7, 11) is 2.64. The number of benzene rings is 1. The van der Waals surface area contributed by atoms with Gasteiger partial charge in [0.25, 0.3) is 0 Å². The number of rotatable bonds is 5. The van der Waals surface area contributed by atoms with Gasteiger partial charge in [0.2, 0.25) is 6.10 Å². The minimum absolute atomic E-state index is 0.218. The van der Waals surface area contributed by atoms with Gasteiger partial charge in [-0.15, -0.1) is 11.6 Å². The van der Waals surface area contributed by atoms with Crippen molar-refractivity contribution < 1.29 is 28.5 Å². The Morgan fingerprint density at radius 1 is 1.35 bits per heavy atom. The molecule has 0 amide bonds. The summed E-state index contributed by atoms with van der Waals surface area (Å²) in [4.78, 5) is 24.2. The van der Waals surface area contributed by atoms with E-state index in [0.29, 0.717) is 5.02 Å². The fourth-order valence-electron chi connectivity index (χ4n) is 2.24. The largest absolute Gasteiger partial charge is 0.466 e. The van der Waals surface area contributed by atoms with Crippen LogP contribution in [0.5, 0.6) is 0 Å². The minimum atomic E-state index is -1.24. The number of carbonyl (C=O) groups is 2. The molecule has 1 aromatic rings. The number of ether oxygens (including phenoxy) is 4. The van der Waals surface area contributed by atoms with Gasteiger partial charge in [-0.25, -0.2) is 9.59 Å². The van der Waals surface area contributed by atoms with Crippen molar-refractivity contribution in [3.05, 3.63) is 34.9 Å². The van der Waals surface area contributed by atoms with Crippen LogP contribution in [0.25, 0.3) is 0 Å². The van der Waals surface area contributed by atoms with Crippen molar-refractivity contribution in [3.8, 4) is 0 Å². The highest BCUT2D eigenvalue weighted by molar-refractivity contribution is 6.30. The predicted octanol–water partition coefficient (Wildman–Crippen LogP) is 2.41. The predicted molar refractivity (Wildman–Crippen MR) is 82.6 cm³/mol. The molecule has 0 aromatic heterocycles. The standard InChI is InChI=1S/C15H16Cl2O6/c1-20-14(19)12(11-7-10(17)15(21-2)22-11)23-13(18)8-4-3-5-9(16)6-8/h3-6,10-12,15H,7H2,1-2H3/t10-,11+,12?,15+/m0/s1. The van der Waals surface area contributed by atoms with Gasteiger partial charge in [0.15, 0.2) is 6.29 Å². The molecule has 1 fully saturated rings. The zero-order valence-electron chi connectivity index (χ0n) is 12.5. The smallest absolute Gasteiger partial charge is 0.349 e. The fourth-order valence-corrected chi connectivity index (χ4v) is 2.76. The lowest BCUT2D eigenvalue weighted by Crippen LogP contribution is -2.39. The normalized spacial score (nSPS) is 25.0. The third-order valence-electron chi connectivity index (χ3n) is 3.36. The average Bonchev–Trinajstić information content (AvgIpc) is 2.92. The number of hydrogen-bond acceptors (Lipinski definition) is 6. The molecule has 0 aliphatic carbocycles. The molecule has 0 spiro atoms. The van der Waals surface area contributed by atoms with Crippen molar-refractivity contribution >= 4 is 35.1 Å². The van der Waals surface area contributed by atoms with Gasteiger partial charge in [0, 0.05) is 12.1 Å². The van der Waals surface area contributed by atoms with E-state index >= 15 is 0 Å². The third kappa shape index (κ3) is 4.35. The van der Waals surface area contributed by atoms with Crippen molar-refractivity contribution in [2.45, 2.75) is 30.3 Å². The van der Waals surface area contributed by atoms with Crippen LogP contribution in [0.1, 0.15) is 16.8 Å². The SMILES string of the molecule is COC(=O)C(OC(=O)c1cccc(Cl)c1)[C@H]1C[C@H](Cl)[C@H](OC)O1. The summed E-state index contributed by atoms with van der Waals surface area (Å²) in [6.07, 6.45) is -2.40. The molecule has 126 valence electrons. The highest BCUT2D eigenvalue weighted by Gasteiger charge is 2.44. The van der Waals surface area contributed by atoms with Gasteiger partial charge < -0.3 is 18.9 Å². The number of alkyl halides is 1. The maximum absolute atomic E-state index is 12.2. The summed E-state index contributed by atoms with van der Waals surface area (Å²) in [6, 6.07) is 6.20. The Bertz CT molecular complexity index is 579. The second-order valence-corrected chi connectivity index (χ2v) is 5.89. The van der Waals surface area contributed by atoms with Crippen LogP contribution in [0.3, 0.4) is 0 Å². The molecule has 0 bridgehead atoms. The second kappa shape index (κ2) is 7.97. The van der Waals surface area contributed by atoms with E-state index in [1.165, 1.54) is 26.4 Å². The van der Waals surface area contributed by atoms with Crippen molar-refractivity contribution in [2.24, 2.45) is 0 Å². The Morgan fingerprint density at radius 3 is 2.65 bits per heavy atom. The molecule has 0 saturated carbocycles. The zero-order valence-corrected chi connectivity index (χ0v) is 14.0. The van der Waals surface area contributed by atoms with E-state index in [2.05, 4.69) is 4.74 Å². The molecule has 6 nitrogen and oxygen atoms in total. The Labute approximate surface area is 143 Å². The number of esters is 2. The van der Waals surface area contributed by atoms with E-state index < -0.39 is 35.8 Å². The molecule has 1 aliphatic heterocycles. The van der Waals surface area contributed by atoms with E-state index in [4.69, 9.17) is 37.4 Å². The molecule has 1 saturated heterocycles. The van der Waals surface area contributed by atoms with Gasteiger partial charge in [0.1, 0.15) is 6.10 Å². The topological polar surface area (TPSA) is 71.1 Å². The summed E-state index contributed by atoms with van der Waals surface area (Å²) >= 11 is 11.9. The average molecular weight is 363 g/mol. The first-order valence-corrected chi connectivity index (χ1v) is 7.64. The highest BCUT2D eigenvalue weighted by atomic mass is 35.5. The summed E-state index contributed by atoms with van der Waals surface area (Å²) in [5, 5.41) is -0.0755. The van der Waals surface area contributed by atoms with E-state index in [0.717, 1.165) is 0 Å². The van der Waals surface area contributed by atoms with Crippen LogP contribution in [0.2, 0.25) is 5.02 Å². The Balaban J connectivity index is 2.13. The van der Waals surface area contributed by atoms with Crippen LogP contribution in [-0.4, -0.2) is 50.0 Å². The first-order valence-electron chi connectivity index (χ1n) is 6.83. The van der Waals surface area contributed by atoms with Gasteiger partial charge in [-0.05, 0) is 24.6 Å². The van der Waals surface area contributed by atoms with E-state index in [9.17, 15) is 9.59 Å². The third-order valence-corrected chi connectivity index (χ3v) is 3.98. The van der Waals surface area contributed by atoms with Gasteiger partial charge in [-0.1, -0.05) is 17.7 Å². The lowest BCUT2D eigenvalue weighted by atomic mass is 10.1. The number of carbonyl (C=O) groups excluding carboxylic acids is 2. The van der Waals surface area contributed by atoms with Crippen molar-refractivity contribution in [3.63, 3.8) is 0 Å². The van der Waals surface area contributed by atoms with E-state index in [1.807, 2.05) is 0 Å². The molecule has 23 heavy (non-hydrogen) atoms. The van der Waals surface area contributed by atoms with Crippen LogP contribution in [0, 0.1) is 0 Å². The Hall–Kier alpha value is -1.34. The van der Waals surface area contributed by atoms with Crippen LogP contribution in [0.15, 0.2) is 24.3 Å². The zero-order chi connectivity index (χ0) is 17.0. The lowest BCUT2D eigenvalue weighted by Gasteiger charge is -2.21. The highest BCUT2D eigenvalue weighted by Crippen LogP contribution is 2.29. The van der Waals surface area contributed by atoms with Crippen LogP contribution < -0.4 is 0 Å². The molecule has 8 heteroatoms. The van der Waals surface area contributed by atoms with Crippen molar-refractivity contribution in [2.75, 3.05) is 14.2 Å². The summed E-state index contributed by atoms with van der Waals surface area (Å²) < 4.78 is 20.5. The lowest BCUT2D eigenvalue weighted by molar-refractivity contribution is -0.170. The quantitative estimate of drug-likeness (QED) is 0.591. The summed E-state index contributed by atoms with van der Waals surface area (Å²) in [6.45, 7) is 0. The Kier molecular flexibility index (Phi) is 6.24. The molecule has 2 rings (SSSR count). The number of hydrogen-bond donors (Lipinski definition) is 0. The van der Waals surface area contributed by atoms with Crippen LogP contribution in [-0.2, 0) is 23.7 Å². The molecule has 1 heterocycles. The molecular formula is C15H16Cl2O6. The van der Waals surface area contributed by atoms with Gasteiger partial charge >= 0.3 is 11.9 Å². The van der Waals surface area contributed by atoms with E-state index in [-0.39, 0.29) is 12.0 Å². The second-order valence-electron chi connectivity index (χ2n) is 4.89. The first-order chi connectivity index (χ1) is 11.0. The monoisotopic (exact) mass is 362 g/mol. The maximum Gasteiger partial charge on any atom is 0.349 e. The van der Waals surface area contributed by atoms with Gasteiger partial charge in [0.05, 0.1) is 18.1 Å². The van der Waals surface area contributed by atoms with Crippen molar-refractivity contribution in [1.29, 1.82) is 0 Å². The van der Waals surface area contributed by atoms with Gasteiger partial charge in [-0.2, -0.15) is 0 Å². The summed E-state index contributed by atoms with van der Waals surface area (Å²) in [5.74, 6) is -1.44. The summed E-state index contributed by atoms with van der Waals surface area (Å²) in [5.41, 5.74) is 0.218. The molecule has 0 N–H and O–H groups in total.